The third kappa shape index (κ3) is 5.68. The fourth-order valence-electron chi connectivity index (χ4n) is 3.49. The van der Waals surface area contributed by atoms with Crippen molar-refractivity contribution in [1.82, 2.24) is 9.97 Å². The summed E-state index contributed by atoms with van der Waals surface area (Å²) in [6.07, 6.45) is -1.84. The average Bonchev–Trinajstić information content (AvgIpc) is 3.13. The van der Waals surface area contributed by atoms with E-state index in [1.165, 1.54) is 29.4 Å². The molecule has 0 saturated carbocycles. The van der Waals surface area contributed by atoms with Gasteiger partial charge in [0.25, 0.3) is 5.91 Å². The van der Waals surface area contributed by atoms with Crippen molar-refractivity contribution in [1.29, 1.82) is 0 Å². The van der Waals surface area contributed by atoms with E-state index in [-0.39, 0.29) is 36.1 Å². The Morgan fingerprint density at radius 1 is 1.03 bits per heavy atom. The van der Waals surface area contributed by atoms with Crippen LogP contribution in [0.5, 0.6) is 11.5 Å². The fourth-order valence-corrected chi connectivity index (χ4v) is 3.49. The number of carbonyl (C=O) groups is 1. The summed E-state index contributed by atoms with van der Waals surface area (Å²) in [6.45, 7) is 1.69. The number of carbonyl (C=O) groups excluding carboxylic acids is 1. The minimum absolute atomic E-state index is 0.0459. The number of ether oxygens (including phenoxy) is 2. The summed E-state index contributed by atoms with van der Waals surface area (Å²) >= 11 is 0. The van der Waals surface area contributed by atoms with E-state index in [1.807, 2.05) is 0 Å². The first-order valence-corrected chi connectivity index (χ1v) is 10.5. The molecule has 7 nitrogen and oxygen atoms in total. The van der Waals surface area contributed by atoms with Crippen LogP contribution in [0, 0.1) is 5.82 Å². The van der Waals surface area contributed by atoms with Crippen LogP contribution in [0.15, 0.2) is 48.8 Å². The summed E-state index contributed by atoms with van der Waals surface area (Å²) in [5.74, 6) is -0.755. The molecule has 4 rings (SSSR count). The highest BCUT2D eigenvalue weighted by atomic mass is 19.4. The van der Waals surface area contributed by atoms with Gasteiger partial charge in [-0.25, -0.2) is 9.37 Å². The third-order valence-corrected chi connectivity index (χ3v) is 5.03. The van der Waals surface area contributed by atoms with E-state index in [1.54, 1.807) is 26.0 Å². The minimum atomic E-state index is -4.61. The van der Waals surface area contributed by atoms with Gasteiger partial charge in [0.2, 0.25) is 0 Å². The Labute approximate surface area is 198 Å². The van der Waals surface area contributed by atoms with Crippen LogP contribution in [-0.2, 0) is 6.54 Å². The molecule has 2 aromatic heterocycles. The highest BCUT2D eigenvalue weighted by molar-refractivity contribution is 6.10. The Kier molecular flexibility index (Phi) is 6.37. The molecule has 0 aliphatic carbocycles. The van der Waals surface area contributed by atoms with Crippen LogP contribution in [0.3, 0.4) is 0 Å². The summed E-state index contributed by atoms with van der Waals surface area (Å²) < 4.78 is 62.2. The molecule has 1 N–H and O–H groups in total. The number of rotatable bonds is 7. The molecule has 0 saturated heterocycles. The number of halogens is 4. The lowest BCUT2D eigenvalue weighted by Crippen LogP contribution is -2.28. The van der Waals surface area contributed by atoms with Gasteiger partial charge in [0.15, 0.2) is 6.61 Å². The smallest absolute Gasteiger partial charge is 0.422 e. The predicted octanol–water partition coefficient (Wildman–Crippen LogP) is 4.53. The van der Waals surface area contributed by atoms with E-state index in [2.05, 4.69) is 9.97 Å². The zero-order valence-corrected chi connectivity index (χ0v) is 18.8. The largest absolute Gasteiger partial charge is 0.489 e. The molecule has 1 aromatic carbocycles. The molecular formula is C24H21F4N3O4. The first kappa shape index (κ1) is 24.4. The lowest BCUT2D eigenvalue weighted by atomic mass is 10.0. The molecule has 35 heavy (non-hydrogen) atoms. The molecule has 1 aliphatic heterocycles. The number of hydrogen-bond acceptors (Lipinski definition) is 6. The third-order valence-electron chi connectivity index (χ3n) is 5.03. The van der Waals surface area contributed by atoms with Crippen molar-refractivity contribution in [3.63, 3.8) is 0 Å². The average molecular weight is 491 g/mol. The molecule has 0 fully saturated rings. The van der Waals surface area contributed by atoms with Gasteiger partial charge in [0.1, 0.15) is 29.7 Å². The van der Waals surface area contributed by atoms with Crippen LogP contribution in [0.2, 0.25) is 0 Å². The maximum atomic E-state index is 13.8. The summed E-state index contributed by atoms with van der Waals surface area (Å²) in [7, 11) is 0. The van der Waals surface area contributed by atoms with Gasteiger partial charge in [-0.2, -0.15) is 13.2 Å². The Hall–Kier alpha value is -3.73. The topological polar surface area (TPSA) is 84.8 Å². The highest BCUT2D eigenvalue weighted by Gasteiger charge is 2.34. The molecule has 1 amide bonds. The number of alkyl halides is 3. The van der Waals surface area contributed by atoms with Crippen LogP contribution in [-0.4, -0.2) is 46.0 Å². The maximum absolute atomic E-state index is 13.8. The van der Waals surface area contributed by atoms with Crippen molar-refractivity contribution in [3.8, 4) is 22.8 Å². The molecule has 0 bridgehead atoms. The van der Waals surface area contributed by atoms with E-state index in [9.17, 15) is 27.5 Å². The molecule has 0 spiro atoms. The van der Waals surface area contributed by atoms with Gasteiger partial charge in [0.05, 0.1) is 24.0 Å². The van der Waals surface area contributed by atoms with Gasteiger partial charge >= 0.3 is 6.18 Å². The Bertz CT molecular complexity index is 1240. The minimum Gasteiger partial charge on any atom is -0.489 e. The van der Waals surface area contributed by atoms with Crippen molar-refractivity contribution >= 4 is 11.7 Å². The van der Waals surface area contributed by atoms with Gasteiger partial charge in [0, 0.05) is 29.0 Å². The molecule has 0 radical (unpaired) electrons. The van der Waals surface area contributed by atoms with Crippen LogP contribution in [0.4, 0.5) is 23.4 Å². The zero-order chi connectivity index (χ0) is 25.4. The SMILES string of the molecule is CC(C)(O)COc1ccc(N2Cc3c(ccnc3-c3ccc(F)cc3OCC(F)(F)F)C2=O)nc1. The van der Waals surface area contributed by atoms with Crippen molar-refractivity contribution in [2.24, 2.45) is 0 Å². The number of hydrogen-bond donors (Lipinski definition) is 1. The van der Waals surface area contributed by atoms with E-state index in [4.69, 9.17) is 9.47 Å². The van der Waals surface area contributed by atoms with Gasteiger partial charge in [-0.05, 0) is 44.2 Å². The molecule has 0 unspecified atom stereocenters. The Morgan fingerprint density at radius 3 is 2.46 bits per heavy atom. The molecular weight excluding hydrogens is 470 g/mol. The van der Waals surface area contributed by atoms with Crippen molar-refractivity contribution < 1.29 is 36.9 Å². The van der Waals surface area contributed by atoms with E-state index >= 15 is 0 Å². The van der Waals surface area contributed by atoms with Crippen LogP contribution in [0.1, 0.15) is 29.8 Å². The Morgan fingerprint density at radius 2 is 1.80 bits per heavy atom. The van der Waals surface area contributed by atoms with E-state index in [0.29, 0.717) is 22.7 Å². The molecule has 1 aliphatic rings. The molecule has 11 heteroatoms. The maximum Gasteiger partial charge on any atom is 0.422 e. The number of aromatic nitrogens is 2. The first-order valence-electron chi connectivity index (χ1n) is 10.5. The predicted molar refractivity (Wildman–Crippen MR) is 118 cm³/mol. The number of benzene rings is 1. The van der Waals surface area contributed by atoms with Gasteiger partial charge in [-0.15, -0.1) is 0 Å². The standard InChI is InChI=1S/C24H21F4N3O4/c1-23(2,33)12-34-15-4-6-20(30-10-15)31-11-18-16(22(31)32)7-8-29-21(18)17-5-3-14(25)9-19(17)35-13-24(26,27)28/h3-10,33H,11-13H2,1-2H3. The lowest BCUT2D eigenvalue weighted by molar-refractivity contribution is -0.153. The van der Waals surface area contributed by atoms with Crippen molar-refractivity contribution in [2.45, 2.75) is 32.2 Å². The lowest BCUT2D eigenvalue weighted by Gasteiger charge is -2.18. The molecule has 3 heterocycles. The van der Waals surface area contributed by atoms with E-state index in [0.717, 1.165) is 12.1 Å². The second-order valence-electron chi connectivity index (χ2n) is 8.57. The summed E-state index contributed by atoms with van der Waals surface area (Å²) in [6, 6.07) is 7.88. The van der Waals surface area contributed by atoms with Crippen LogP contribution in [0.25, 0.3) is 11.3 Å². The Balaban J connectivity index is 1.62. The molecule has 184 valence electrons. The number of nitrogens with zero attached hydrogens (tertiary/aromatic N) is 3. The molecule has 3 aromatic rings. The summed E-state index contributed by atoms with van der Waals surface area (Å²) in [5.41, 5.74) is 0.0546. The summed E-state index contributed by atoms with van der Waals surface area (Å²) in [4.78, 5) is 23.0. The highest BCUT2D eigenvalue weighted by Crippen LogP contribution is 2.38. The normalized spacial score (nSPS) is 13.7. The van der Waals surface area contributed by atoms with E-state index < -0.39 is 24.2 Å². The monoisotopic (exact) mass is 491 g/mol. The molecule has 0 atom stereocenters. The number of pyridine rings is 2. The summed E-state index contributed by atoms with van der Waals surface area (Å²) in [5, 5.41) is 9.78. The zero-order valence-electron chi connectivity index (χ0n) is 18.8. The second-order valence-corrected chi connectivity index (χ2v) is 8.57. The van der Waals surface area contributed by atoms with Crippen molar-refractivity contribution in [2.75, 3.05) is 18.1 Å². The van der Waals surface area contributed by atoms with Gasteiger partial charge in [-0.3, -0.25) is 14.7 Å². The number of anilines is 1. The fraction of sp³-hybridized carbons (Fsp3) is 0.292. The quantitative estimate of drug-likeness (QED) is 0.489. The van der Waals surface area contributed by atoms with Crippen molar-refractivity contribution in [3.05, 3.63) is 65.7 Å². The van der Waals surface area contributed by atoms with Gasteiger partial charge < -0.3 is 14.6 Å². The number of fused-ring (bicyclic) bond motifs is 1. The van der Waals surface area contributed by atoms with Crippen LogP contribution >= 0.6 is 0 Å². The first-order chi connectivity index (χ1) is 16.4. The number of amides is 1. The van der Waals surface area contributed by atoms with Gasteiger partial charge in [-0.1, -0.05) is 0 Å². The second kappa shape index (κ2) is 9.14. The number of aliphatic hydroxyl groups is 1. The van der Waals surface area contributed by atoms with Crippen LogP contribution < -0.4 is 14.4 Å².